The summed E-state index contributed by atoms with van der Waals surface area (Å²) < 4.78 is 19.6. The first-order chi connectivity index (χ1) is 18.8. The molecule has 1 unspecified atom stereocenters. The van der Waals surface area contributed by atoms with E-state index in [0.717, 1.165) is 10.9 Å². The third-order valence-electron chi connectivity index (χ3n) is 5.75. The van der Waals surface area contributed by atoms with Crippen molar-refractivity contribution in [2.75, 3.05) is 19.1 Å². The maximum absolute atomic E-state index is 14.9. The summed E-state index contributed by atoms with van der Waals surface area (Å²) in [7, 11) is 2.83. The summed E-state index contributed by atoms with van der Waals surface area (Å²) in [6.07, 6.45) is 3.49. The van der Waals surface area contributed by atoms with Gasteiger partial charge in [-0.05, 0) is 53.3 Å². The number of hydrogen-bond acceptors (Lipinski definition) is 7. The van der Waals surface area contributed by atoms with E-state index in [1.165, 1.54) is 48.7 Å². The van der Waals surface area contributed by atoms with E-state index in [1.54, 1.807) is 49.5 Å². The number of methoxy groups -OCH3 is 1. The highest BCUT2D eigenvalue weighted by Gasteiger charge is 2.26. The van der Waals surface area contributed by atoms with Gasteiger partial charge in [0.1, 0.15) is 6.04 Å². The van der Waals surface area contributed by atoms with Crippen molar-refractivity contribution in [2.24, 2.45) is 0 Å². The number of likely N-dealkylation sites (N-methyl/N-ethyl adjacent to an activating group) is 1. The molecule has 0 fully saturated rings. The summed E-state index contributed by atoms with van der Waals surface area (Å²) in [6.45, 7) is 0. The number of anilines is 1. The van der Waals surface area contributed by atoms with E-state index >= 15 is 0 Å². The molecule has 39 heavy (non-hydrogen) atoms. The molecule has 4 rings (SSSR count). The number of tetrazole rings is 1. The van der Waals surface area contributed by atoms with Crippen LogP contribution in [-0.4, -0.2) is 52.1 Å². The Morgan fingerprint density at radius 3 is 2.44 bits per heavy atom. The van der Waals surface area contributed by atoms with Gasteiger partial charge in [-0.25, -0.2) is 9.18 Å². The summed E-state index contributed by atoms with van der Waals surface area (Å²) in [4.78, 5) is 40.7. The summed E-state index contributed by atoms with van der Waals surface area (Å²) in [5.74, 6) is -2.39. The summed E-state index contributed by atoms with van der Waals surface area (Å²) in [5.41, 5.74) is 1.52. The second-order valence-corrected chi connectivity index (χ2v) is 8.55. The van der Waals surface area contributed by atoms with Gasteiger partial charge in [0.05, 0.1) is 23.4 Å². The zero-order valence-electron chi connectivity index (χ0n) is 20.8. The second kappa shape index (κ2) is 12.1. The van der Waals surface area contributed by atoms with Crippen LogP contribution in [0.15, 0.2) is 79.1 Å². The molecule has 198 valence electrons. The fourth-order valence-electron chi connectivity index (χ4n) is 3.71. The molecule has 0 aliphatic carbocycles. The standard InChI is InChI=1S/C27H22ClFN6O4/c1-34(19-10-8-18(9-11-19)27(38)39-2)26(37)25(17-6-4-3-5-7-17)32-23(36)15-12-20-22(35-31-16-30-33-35)14-13-21(28)24(20)29/h3-16,25H,1-2H3,(H,32,36). The average Bonchev–Trinajstić information content (AvgIpc) is 3.51. The molecule has 3 aromatic carbocycles. The Hall–Kier alpha value is -4.90. The van der Waals surface area contributed by atoms with E-state index in [9.17, 15) is 18.8 Å². The fourth-order valence-corrected chi connectivity index (χ4v) is 3.87. The van der Waals surface area contributed by atoms with Crippen LogP contribution in [0.3, 0.4) is 0 Å². The number of rotatable bonds is 8. The van der Waals surface area contributed by atoms with Crippen LogP contribution in [0.1, 0.15) is 27.5 Å². The number of nitrogens with one attached hydrogen (secondary N) is 1. The lowest BCUT2D eigenvalue weighted by Gasteiger charge is -2.25. The number of carbonyl (C=O) groups excluding carboxylic acids is 3. The summed E-state index contributed by atoms with van der Waals surface area (Å²) >= 11 is 5.95. The van der Waals surface area contributed by atoms with Gasteiger partial charge >= 0.3 is 5.97 Å². The molecule has 0 aliphatic rings. The Morgan fingerprint density at radius 2 is 1.79 bits per heavy atom. The van der Waals surface area contributed by atoms with Crippen molar-refractivity contribution < 1.29 is 23.5 Å². The molecule has 1 atom stereocenters. The van der Waals surface area contributed by atoms with E-state index in [4.69, 9.17) is 16.3 Å². The first-order valence-corrected chi connectivity index (χ1v) is 11.9. The smallest absolute Gasteiger partial charge is 0.337 e. The van der Waals surface area contributed by atoms with Crippen molar-refractivity contribution in [1.82, 2.24) is 25.5 Å². The molecule has 1 N–H and O–H groups in total. The first-order valence-electron chi connectivity index (χ1n) is 11.5. The maximum Gasteiger partial charge on any atom is 0.337 e. The molecule has 12 heteroatoms. The lowest BCUT2D eigenvalue weighted by Crippen LogP contribution is -2.41. The van der Waals surface area contributed by atoms with Crippen molar-refractivity contribution in [2.45, 2.75) is 6.04 Å². The highest BCUT2D eigenvalue weighted by molar-refractivity contribution is 6.31. The van der Waals surface area contributed by atoms with Crippen LogP contribution in [0.25, 0.3) is 11.8 Å². The van der Waals surface area contributed by atoms with Gasteiger partial charge in [0.2, 0.25) is 5.91 Å². The molecule has 0 saturated heterocycles. The predicted octanol–water partition coefficient (Wildman–Crippen LogP) is 3.78. The van der Waals surface area contributed by atoms with E-state index in [1.807, 2.05) is 0 Å². The Kier molecular flexibility index (Phi) is 8.42. The van der Waals surface area contributed by atoms with Gasteiger partial charge in [0, 0.05) is 24.4 Å². The largest absolute Gasteiger partial charge is 0.465 e. The Labute approximate surface area is 227 Å². The molecule has 0 spiro atoms. The average molecular weight is 549 g/mol. The second-order valence-electron chi connectivity index (χ2n) is 8.14. The molecule has 0 radical (unpaired) electrons. The van der Waals surface area contributed by atoms with E-state index in [0.29, 0.717) is 16.8 Å². The van der Waals surface area contributed by atoms with Gasteiger partial charge in [-0.15, -0.1) is 15.0 Å². The zero-order valence-corrected chi connectivity index (χ0v) is 21.5. The summed E-state index contributed by atoms with van der Waals surface area (Å²) in [5, 5.41) is 13.8. The highest BCUT2D eigenvalue weighted by Crippen LogP contribution is 2.25. The molecule has 2 amide bonds. The maximum atomic E-state index is 14.9. The van der Waals surface area contributed by atoms with Crippen molar-refractivity contribution >= 4 is 41.1 Å². The highest BCUT2D eigenvalue weighted by atomic mass is 35.5. The Morgan fingerprint density at radius 1 is 1.08 bits per heavy atom. The van der Waals surface area contributed by atoms with Gasteiger partial charge in [-0.2, -0.15) is 0 Å². The molecule has 0 bridgehead atoms. The van der Waals surface area contributed by atoms with Gasteiger partial charge in [-0.3, -0.25) is 9.59 Å². The number of halogens is 2. The van der Waals surface area contributed by atoms with Crippen molar-refractivity contribution in [3.05, 3.63) is 107 Å². The molecule has 10 nitrogen and oxygen atoms in total. The number of carbonyl (C=O) groups is 3. The SMILES string of the molecule is COC(=O)c1ccc(N(C)C(=O)C(NC(=O)C=Cc2c(-n3ncnn3)ccc(Cl)c2F)c2ccccc2)cc1. The van der Waals surface area contributed by atoms with Gasteiger partial charge in [0.25, 0.3) is 5.91 Å². The molecule has 4 aromatic rings. The summed E-state index contributed by atoms with van der Waals surface area (Å²) in [6, 6.07) is 16.7. The fraction of sp³-hybridized carbons (Fsp3) is 0.111. The lowest BCUT2D eigenvalue weighted by atomic mass is 10.0. The van der Waals surface area contributed by atoms with Gasteiger partial charge < -0.3 is 15.0 Å². The van der Waals surface area contributed by atoms with E-state index in [-0.39, 0.29) is 16.3 Å². The number of amides is 2. The van der Waals surface area contributed by atoms with Crippen molar-refractivity contribution in [3.63, 3.8) is 0 Å². The third-order valence-corrected chi connectivity index (χ3v) is 6.04. The molecule has 0 aliphatic heterocycles. The molecule has 0 saturated carbocycles. The number of esters is 1. The zero-order chi connectivity index (χ0) is 27.9. The molecule has 1 heterocycles. The minimum absolute atomic E-state index is 0.0407. The molecule has 1 aromatic heterocycles. The number of ether oxygens (including phenoxy) is 1. The van der Waals surface area contributed by atoms with Crippen LogP contribution in [0.2, 0.25) is 5.02 Å². The van der Waals surface area contributed by atoms with E-state index in [2.05, 4.69) is 20.7 Å². The minimum Gasteiger partial charge on any atom is -0.465 e. The van der Waals surface area contributed by atoms with Crippen LogP contribution >= 0.6 is 11.6 Å². The lowest BCUT2D eigenvalue weighted by molar-refractivity contribution is -0.125. The number of aromatic nitrogens is 4. The van der Waals surface area contributed by atoms with Crippen LogP contribution in [-0.2, 0) is 14.3 Å². The molecular weight excluding hydrogens is 527 g/mol. The number of hydrogen-bond donors (Lipinski definition) is 1. The quantitative estimate of drug-likeness (QED) is 0.263. The van der Waals surface area contributed by atoms with Gasteiger partial charge in [-0.1, -0.05) is 41.9 Å². The Balaban J connectivity index is 1.59. The Bertz CT molecular complexity index is 1510. The normalized spacial score (nSPS) is 11.7. The molecular formula is C27H22ClFN6O4. The predicted molar refractivity (Wildman–Crippen MR) is 142 cm³/mol. The minimum atomic E-state index is -1.07. The van der Waals surface area contributed by atoms with E-state index < -0.39 is 29.6 Å². The third kappa shape index (κ3) is 6.16. The first kappa shape index (κ1) is 27.1. The van der Waals surface area contributed by atoms with Crippen LogP contribution in [0, 0.1) is 5.82 Å². The number of benzene rings is 3. The van der Waals surface area contributed by atoms with Crippen LogP contribution in [0.5, 0.6) is 0 Å². The van der Waals surface area contributed by atoms with Crippen molar-refractivity contribution in [3.8, 4) is 5.69 Å². The number of nitrogens with zero attached hydrogens (tertiary/aromatic N) is 5. The van der Waals surface area contributed by atoms with Crippen LogP contribution < -0.4 is 10.2 Å². The van der Waals surface area contributed by atoms with Crippen LogP contribution in [0.4, 0.5) is 10.1 Å². The monoisotopic (exact) mass is 548 g/mol. The topological polar surface area (TPSA) is 119 Å². The van der Waals surface area contributed by atoms with Gasteiger partial charge in [0.15, 0.2) is 12.1 Å². The van der Waals surface area contributed by atoms with Crippen molar-refractivity contribution in [1.29, 1.82) is 0 Å².